The Morgan fingerprint density at radius 2 is 2.05 bits per heavy atom. The van der Waals surface area contributed by atoms with Gasteiger partial charge in [-0.1, -0.05) is 12.1 Å². The number of hydrogen-bond donors (Lipinski definition) is 2. The number of carbonyl (C=O) groups is 1. The minimum atomic E-state index is -3.75. The maximum absolute atomic E-state index is 12.2. The molecule has 1 fully saturated rings. The minimum Gasteiger partial charge on any atom is -0.389 e. The molecule has 116 valence electrons. The first-order valence-electron chi connectivity index (χ1n) is 6.95. The summed E-state index contributed by atoms with van der Waals surface area (Å²) in [6.45, 7) is 2.72. The first-order valence-corrected chi connectivity index (χ1v) is 8.44. The lowest BCUT2D eigenvalue weighted by atomic mass is 10.1. The van der Waals surface area contributed by atoms with Gasteiger partial charge in [-0.3, -0.25) is 4.79 Å². The highest BCUT2D eigenvalue weighted by Gasteiger charge is 2.21. The van der Waals surface area contributed by atoms with Crippen molar-refractivity contribution in [1.82, 2.24) is 9.62 Å². The smallest absolute Gasteiger partial charge is 0.241 e. The van der Waals surface area contributed by atoms with Crippen molar-refractivity contribution in [3.05, 3.63) is 29.8 Å². The van der Waals surface area contributed by atoms with Crippen LogP contribution in [0.15, 0.2) is 29.2 Å². The highest BCUT2D eigenvalue weighted by Crippen LogP contribution is 2.17. The highest BCUT2D eigenvalue weighted by atomic mass is 32.2. The van der Waals surface area contributed by atoms with E-state index in [0.717, 1.165) is 12.8 Å². The van der Waals surface area contributed by atoms with Crippen LogP contribution >= 0.6 is 0 Å². The van der Waals surface area contributed by atoms with E-state index in [-0.39, 0.29) is 17.3 Å². The standard InChI is InChI=1S/C14H20N2O4S/c1-11(17)12-5-4-6-13(9-12)21(19,20)15-10-14(18)16-7-2-3-8-16/h4-6,9,11,15,17H,2-3,7-8,10H2,1H3. The van der Waals surface area contributed by atoms with Crippen molar-refractivity contribution in [2.75, 3.05) is 19.6 Å². The summed E-state index contributed by atoms with van der Waals surface area (Å²) in [6.07, 6.45) is 1.19. The number of sulfonamides is 1. The molecule has 1 atom stereocenters. The van der Waals surface area contributed by atoms with Crippen LogP contribution in [0.4, 0.5) is 0 Å². The first-order chi connectivity index (χ1) is 9.90. The Bertz CT molecular complexity index is 607. The lowest BCUT2D eigenvalue weighted by Crippen LogP contribution is -2.38. The van der Waals surface area contributed by atoms with Crippen LogP contribution in [0.5, 0.6) is 0 Å². The molecule has 7 heteroatoms. The maximum atomic E-state index is 12.2. The summed E-state index contributed by atoms with van der Waals surface area (Å²) in [4.78, 5) is 13.6. The molecule has 0 radical (unpaired) electrons. The molecule has 1 amide bonds. The monoisotopic (exact) mass is 312 g/mol. The van der Waals surface area contributed by atoms with Crippen LogP contribution in [-0.2, 0) is 14.8 Å². The van der Waals surface area contributed by atoms with E-state index in [0.29, 0.717) is 18.7 Å². The summed E-state index contributed by atoms with van der Waals surface area (Å²) in [7, 11) is -3.75. The third kappa shape index (κ3) is 4.03. The van der Waals surface area contributed by atoms with Crippen LogP contribution in [0.2, 0.25) is 0 Å². The van der Waals surface area contributed by atoms with Crippen LogP contribution < -0.4 is 4.72 Å². The summed E-state index contributed by atoms with van der Waals surface area (Å²) < 4.78 is 26.6. The van der Waals surface area contributed by atoms with Crippen LogP contribution in [0, 0.1) is 0 Å². The summed E-state index contributed by atoms with van der Waals surface area (Å²) in [5, 5.41) is 9.50. The number of nitrogens with one attached hydrogen (secondary N) is 1. The van der Waals surface area contributed by atoms with E-state index in [1.54, 1.807) is 24.0 Å². The Hall–Kier alpha value is -1.44. The molecule has 2 N–H and O–H groups in total. The van der Waals surface area contributed by atoms with Gasteiger partial charge in [0.05, 0.1) is 17.5 Å². The van der Waals surface area contributed by atoms with Crippen LogP contribution in [0.3, 0.4) is 0 Å². The van der Waals surface area contributed by atoms with Gasteiger partial charge < -0.3 is 10.0 Å². The fourth-order valence-corrected chi connectivity index (χ4v) is 3.29. The normalized spacial score (nSPS) is 17.0. The van der Waals surface area contributed by atoms with Gasteiger partial charge in [0.2, 0.25) is 15.9 Å². The van der Waals surface area contributed by atoms with Crippen molar-refractivity contribution >= 4 is 15.9 Å². The number of likely N-dealkylation sites (tertiary alicyclic amines) is 1. The van der Waals surface area contributed by atoms with Crippen molar-refractivity contribution in [2.45, 2.75) is 30.8 Å². The third-order valence-corrected chi connectivity index (χ3v) is 4.92. The predicted octanol–water partition coefficient (Wildman–Crippen LogP) is 0.641. The topological polar surface area (TPSA) is 86.7 Å². The molecule has 1 unspecified atom stereocenters. The number of aliphatic hydroxyl groups excluding tert-OH is 1. The van der Waals surface area contributed by atoms with Gasteiger partial charge in [0, 0.05) is 13.1 Å². The molecule has 0 aromatic heterocycles. The molecule has 1 aromatic rings. The number of amides is 1. The number of rotatable bonds is 5. The van der Waals surface area contributed by atoms with Gasteiger partial charge in [-0.25, -0.2) is 13.1 Å². The Kier molecular flexibility index (Phi) is 4.97. The van der Waals surface area contributed by atoms with E-state index < -0.39 is 16.1 Å². The van der Waals surface area contributed by atoms with Crippen LogP contribution in [-0.4, -0.2) is 44.0 Å². The molecule has 0 spiro atoms. The van der Waals surface area contributed by atoms with Crippen molar-refractivity contribution in [2.24, 2.45) is 0 Å². The Labute approximate surface area is 124 Å². The maximum Gasteiger partial charge on any atom is 0.241 e. The Morgan fingerprint density at radius 1 is 1.38 bits per heavy atom. The molecule has 1 heterocycles. The second-order valence-electron chi connectivity index (χ2n) is 5.16. The summed E-state index contributed by atoms with van der Waals surface area (Å²) >= 11 is 0. The van der Waals surface area contributed by atoms with Crippen LogP contribution in [0.25, 0.3) is 0 Å². The fraction of sp³-hybridized carbons (Fsp3) is 0.500. The molecule has 1 aliphatic heterocycles. The van der Waals surface area contributed by atoms with Crippen molar-refractivity contribution < 1.29 is 18.3 Å². The third-order valence-electron chi connectivity index (χ3n) is 3.52. The average molecular weight is 312 g/mol. The Balaban J connectivity index is 2.04. The lowest BCUT2D eigenvalue weighted by molar-refractivity contribution is -0.128. The van der Waals surface area contributed by atoms with E-state index in [1.807, 2.05) is 0 Å². The van der Waals surface area contributed by atoms with E-state index in [1.165, 1.54) is 12.1 Å². The largest absolute Gasteiger partial charge is 0.389 e. The van der Waals surface area contributed by atoms with E-state index in [4.69, 9.17) is 0 Å². The zero-order valence-corrected chi connectivity index (χ0v) is 12.8. The summed E-state index contributed by atoms with van der Waals surface area (Å²) in [5.74, 6) is -0.206. The molecule has 6 nitrogen and oxygen atoms in total. The molecule has 1 saturated heterocycles. The molecule has 1 aromatic carbocycles. The fourth-order valence-electron chi connectivity index (χ4n) is 2.26. The van der Waals surface area contributed by atoms with Gasteiger partial charge in [-0.15, -0.1) is 0 Å². The number of carbonyl (C=O) groups excluding carboxylic acids is 1. The molecule has 1 aliphatic rings. The number of benzene rings is 1. The number of hydrogen-bond acceptors (Lipinski definition) is 4. The van der Waals surface area contributed by atoms with E-state index in [2.05, 4.69) is 4.72 Å². The van der Waals surface area contributed by atoms with Gasteiger partial charge in [0.25, 0.3) is 0 Å². The van der Waals surface area contributed by atoms with Crippen molar-refractivity contribution in [3.63, 3.8) is 0 Å². The molecular formula is C14H20N2O4S. The minimum absolute atomic E-state index is 0.0510. The van der Waals surface area contributed by atoms with Crippen molar-refractivity contribution in [1.29, 1.82) is 0 Å². The van der Waals surface area contributed by atoms with Crippen molar-refractivity contribution in [3.8, 4) is 0 Å². The first kappa shape index (κ1) is 15.9. The van der Waals surface area contributed by atoms with Gasteiger partial charge in [0.15, 0.2) is 0 Å². The molecule has 0 bridgehead atoms. The number of aliphatic hydroxyl groups is 1. The summed E-state index contributed by atoms with van der Waals surface area (Å²) in [6, 6.07) is 6.07. The quantitative estimate of drug-likeness (QED) is 0.835. The van der Waals surface area contributed by atoms with Gasteiger partial charge in [-0.2, -0.15) is 0 Å². The zero-order chi connectivity index (χ0) is 15.5. The molecule has 0 aliphatic carbocycles. The molecule has 2 rings (SSSR count). The van der Waals surface area contributed by atoms with Crippen LogP contribution in [0.1, 0.15) is 31.4 Å². The SMILES string of the molecule is CC(O)c1cccc(S(=O)(=O)NCC(=O)N2CCCC2)c1. The van der Waals surface area contributed by atoms with Gasteiger partial charge in [0.1, 0.15) is 0 Å². The van der Waals surface area contributed by atoms with E-state index in [9.17, 15) is 18.3 Å². The lowest BCUT2D eigenvalue weighted by Gasteiger charge is -2.15. The zero-order valence-electron chi connectivity index (χ0n) is 11.9. The molecular weight excluding hydrogens is 292 g/mol. The van der Waals surface area contributed by atoms with E-state index >= 15 is 0 Å². The second-order valence-corrected chi connectivity index (χ2v) is 6.93. The Morgan fingerprint density at radius 3 is 2.67 bits per heavy atom. The molecule has 21 heavy (non-hydrogen) atoms. The molecule has 0 saturated carbocycles. The van der Waals surface area contributed by atoms with Gasteiger partial charge in [-0.05, 0) is 37.5 Å². The summed E-state index contributed by atoms with van der Waals surface area (Å²) in [5.41, 5.74) is 0.517. The average Bonchev–Trinajstić information content (AvgIpc) is 2.99. The predicted molar refractivity (Wildman–Crippen MR) is 78.1 cm³/mol. The number of nitrogens with zero attached hydrogens (tertiary/aromatic N) is 1. The highest BCUT2D eigenvalue weighted by molar-refractivity contribution is 7.89. The second kappa shape index (κ2) is 6.55. The van der Waals surface area contributed by atoms with Gasteiger partial charge >= 0.3 is 0 Å².